The Hall–Kier alpha value is -1.88. The zero-order valence-electron chi connectivity index (χ0n) is 13.0. The van der Waals surface area contributed by atoms with Crippen LogP contribution in [0.4, 0.5) is 5.82 Å². The fourth-order valence-electron chi connectivity index (χ4n) is 3.47. The Morgan fingerprint density at radius 1 is 1.39 bits per heavy atom. The van der Waals surface area contributed by atoms with Crippen molar-refractivity contribution in [1.82, 2.24) is 14.9 Å². The second-order valence-corrected chi connectivity index (χ2v) is 7.01. The molecule has 1 saturated heterocycles. The number of nitrogens with zero attached hydrogens (tertiary/aromatic N) is 3. The maximum Gasteiger partial charge on any atom is 0.244 e. The zero-order chi connectivity index (χ0) is 16.0. The molecule has 0 bridgehead atoms. The molecule has 2 heterocycles. The fourth-order valence-corrected chi connectivity index (χ4v) is 3.64. The van der Waals surface area contributed by atoms with Gasteiger partial charge in [-0.2, -0.15) is 0 Å². The van der Waals surface area contributed by atoms with Gasteiger partial charge in [0.05, 0.1) is 5.52 Å². The maximum atomic E-state index is 12.7. The van der Waals surface area contributed by atoms with E-state index in [4.69, 9.17) is 11.6 Å². The molecule has 3 atom stereocenters. The highest BCUT2D eigenvalue weighted by Gasteiger charge is 2.43. The largest absolute Gasteiger partial charge is 0.358 e. The highest BCUT2D eigenvalue weighted by Crippen LogP contribution is 2.44. The monoisotopic (exact) mass is 330 g/mol. The van der Waals surface area contributed by atoms with Gasteiger partial charge >= 0.3 is 0 Å². The van der Waals surface area contributed by atoms with E-state index in [2.05, 4.69) is 15.3 Å². The molecular weight excluding hydrogens is 312 g/mol. The van der Waals surface area contributed by atoms with E-state index in [1.807, 2.05) is 24.0 Å². The van der Waals surface area contributed by atoms with Crippen molar-refractivity contribution >= 4 is 34.2 Å². The third-order valence-electron chi connectivity index (χ3n) is 4.93. The Labute approximate surface area is 140 Å². The molecule has 1 aromatic carbocycles. The fraction of sp³-hybridized carbons (Fsp3) is 0.471. The SMILES string of the molecule is C[C@@H](Nc1ncnc2cc(Cl)ccc12)C(=O)N1CC[C@H]2C[C@H]2C1. The molecule has 2 fully saturated rings. The van der Waals surface area contributed by atoms with Gasteiger partial charge in [-0.15, -0.1) is 0 Å². The minimum atomic E-state index is -0.306. The van der Waals surface area contributed by atoms with Crippen molar-refractivity contribution in [3.05, 3.63) is 29.5 Å². The second kappa shape index (κ2) is 5.64. The van der Waals surface area contributed by atoms with Crippen LogP contribution >= 0.6 is 11.6 Å². The molecule has 5 nitrogen and oxygen atoms in total. The normalized spacial score (nSPS) is 24.2. The number of amides is 1. The number of aromatic nitrogens is 2. The van der Waals surface area contributed by atoms with E-state index in [-0.39, 0.29) is 11.9 Å². The smallest absolute Gasteiger partial charge is 0.244 e. The third kappa shape index (κ3) is 2.85. The van der Waals surface area contributed by atoms with E-state index in [1.54, 1.807) is 6.07 Å². The maximum absolute atomic E-state index is 12.7. The van der Waals surface area contributed by atoms with Crippen LogP contribution in [0.15, 0.2) is 24.5 Å². The Morgan fingerprint density at radius 2 is 2.26 bits per heavy atom. The Bertz CT molecular complexity index is 765. The molecule has 23 heavy (non-hydrogen) atoms. The quantitative estimate of drug-likeness (QED) is 0.940. The number of hydrogen-bond acceptors (Lipinski definition) is 4. The third-order valence-corrected chi connectivity index (χ3v) is 5.16. The molecule has 1 N–H and O–H groups in total. The highest BCUT2D eigenvalue weighted by atomic mass is 35.5. The summed E-state index contributed by atoms with van der Waals surface area (Å²) in [5.41, 5.74) is 0.772. The van der Waals surface area contributed by atoms with E-state index in [1.165, 1.54) is 12.7 Å². The topological polar surface area (TPSA) is 58.1 Å². The molecule has 1 aliphatic heterocycles. The van der Waals surface area contributed by atoms with E-state index in [9.17, 15) is 4.79 Å². The number of likely N-dealkylation sites (tertiary alicyclic amines) is 1. The number of carbonyl (C=O) groups is 1. The van der Waals surface area contributed by atoms with Gasteiger partial charge in [-0.3, -0.25) is 4.79 Å². The van der Waals surface area contributed by atoms with Gasteiger partial charge in [0.2, 0.25) is 5.91 Å². The van der Waals surface area contributed by atoms with E-state index in [0.29, 0.717) is 10.8 Å². The number of anilines is 1. The van der Waals surface area contributed by atoms with Gasteiger partial charge in [0, 0.05) is 23.5 Å². The summed E-state index contributed by atoms with van der Waals surface area (Å²) in [4.78, 5) is 23.2. The number of halogens is 1. The van der Waals surface area contributed by atoms with Crippen molar-refractivity contribution in [2.45, 2.75) is 25.8 Å². The van der Waals surface area contributed by atoms with Crippen LogP contribution < -0.4 is 5.32 Å². The number of carbonyl (C=O) groups excluding carboxylic acids is 1. The summed E-state index contributed by atoms with van der Waals surface area (Å²) in [5, 5.41) is 4.75. The van der Waals surface area contributed by atoms with Crippen LogP contribution in [-0.2, 0) is 4.79 Å². The number of fused-ring (bicyclic) bond motifs is 2. The summed E-state index contributed by atoms with van der Waals surface area (Å²) in [6.45, 7) is 3.69. The van der Waals surface area contributed by atoms with Crippen molar-refractivity contribution in [3.63, 3.8) is 0 Å². The first kappa shape index (κ1) is 14.7. The summed E-state index contributed by atoms with van der Waals surface area (Å²) in [5.74, 6) is 2.43. The first-order valence-electron chi connectivity index (χ1n) is 8.07. The molecule has 4 rings (SSSR count). The predicted octanol–water partition coefficient (Wildman–Crippen LogP) is 2.95. The molecule has 1 aromatic heterocycles. The van der Waals surface area contributed by atoms with Crippen molar-refractivity contribution in [1.29, 1.82) is 0 Å². The second-order valence-electron chi connectivity index (χ2n) is 6.58. The molecule has 1 saturated carbocycles. The number of rotatable bonds is 3. The summed E-state index contributed by atoms with van der Waals surface area (Å²) in [6, 6.07) is 5.18. The first-order valence-corrected chi connectivity index (χ1v) is 8.45. The van der Waals surface area contributed by atoms with Crippen molar-refractivity contribution < 1.29 is 4.79 Å². The number of piperidine rings is 1. The summed E-state index contributed by atoms with van der Waals surface area (Å²) >= 11 is 6.00. The van der Waals surface area contributed by atoms with Gasteiger partial charge in [0.25, 0.3) is 0 Å². The number of benzene rings is 1. The van der Waals surface area contributed by atoms with Crippen LogP contribution in [0.3, 0.4) is 0 Å². The van der Waals surface area contributed by atoms with Crippen LogP contribution in [-0.4, -0.2) is 39.9 Å². The standard InChI is InChI=1S/C17H19ClN4O/c1-10(17(23)22-5-4-11-6-12(11)8-22)21-16-14-3-2-13(18)7-15(14)19-9-20-16/h2-3,7,9-12H,4-6,8H2,1H3,(H,19,20,21)/t10-,11+,12+/m1/s1. The van der Waals surface area contributed by atoms with Gasteiger partial charge in [0.1, 0.15) is 18.2 Å². The van der Waals surface area contributed by atoms with E-state index < -0.39 is 0 Å². The minimum absolute atomic E-state index is 0.149. The number of nitrogens with one attached hydrogen (secondary N) is 1. The van der Waals surface area contributed by atoms with Gasteiger partial charge in [-0.1, -0.05) is 11.6 Å². The van der Waals surface area contributed by atoms with Crippen LogP contribution in [0.2, 0.25) is 5.02 Å². The average molecular weight is 331 g/mol. The van der Waals surface area contributed by atoms with Gasteiger partial charge < -0.3 is 10.2 Å². The average Bonchev–Trinajstić information content (AvgIpc) is 3.32. The summed E-state index contributed by atoms with van der Waals surface area (Å²) in [6.07, 6.45) is 3.94. The lowest BCUT2D eigenvalue weighted by Gasteiger charge is -2.29. The Morgan fingerprint density at radius 3 is 3.09 bits per heavy atom. The number of hydrogen-bond donors (Lipinski definition) is 1. The molecule has 2 aliphatic rings. The van der Waals surface area contributed by atoms with Crippen LogP contribution in [0, 0.1) is 11.8 Å². The van der Waals surface area contributed by atoms with E-state index in [0.717, 1.165) is 42.2 Å². The van der Waals surface area contributed by atoms with Crippen molar-refractivity contribution in [3.8, 4) is 0 Å². The summed E-state index contributed by atoms with van der Waals surface area (Å²) in [7, 11) is 0. The van der Waals surface area contributed by atoms with Crippen LogP contribution in [0.25, 0.3) is 10.9 Å². The Balaban J connectivity index is 1.51. The molecule has 1 amide bonds. The molecule has 120 valence electrons. The lowest BCUT2D eigenvalue weighted by atomic mass is 10.1. The first-order chi connectivity index (χ1) is 11.1. The predicted molar refractivity (Wildman–Crippen MR) is 90.4 cm³/mol. The minimum Gasteiger partial charge on any atom is -0.358 e. The lowest BCUT2D eigenvalue weighted by molar-refractivity contribution is -0.132. The molecule has 1 aliphatic carbocycles. The zero-order valence-corrected chi connectivity index (χ0v) is 13.8. The van der Waals surface area contributed by atoms with Gasteiger partial charge in [0.15, 0.2) is 0 Å². The van der Waals surface area contributed by atoms with Gasteiger partial charge in [-0.05, 0) is 49.8 Å². The molecule has 0 radical (unpaired) electrons. The lowest BCUT2D eigenvalue weighted by Crippen LogP contribution is -2.44. The van der Waals surface area contributed by atoms with Crippen molar-refractivity contribution in [2.75, 3.05) is 18.4 Å². The van der Waals surface area contributed by atoms with Crippen molar-refractivity contribution in [2.24, 2.45) is 11.8 Å². The molecule has 2 aromatic rings. The van der Waals surface area contributed by atoms with E-state index >= 15 is 0 Å². The molecule has 6 heteroatoms. The Kier molecular flexibility index (Phi) is 3.60. The van der Waals surface area contributed by atoms with Crippen LogP contribution in [0.1, 0.15) is 19.8 Å². The summed E-state index contributed by atoms with van der Waals surface area (Å²) < 4.78 is 0. The molecule has 0 spiro atoms. The highest BCUT2D eigenvalue weighted by molar-refractivity contribution is 6.31. The molecule has 0 unspecified atom stereocenters. The molecular formula is C17H19ClN4O. The van der Waals surface area contributed by atoms with Crippen LogP contribution in [0.5, 0.6) is 0 Å². The van der Waals surface area contributed by atoms with Gasteiger partial charge in [-0.25, -0.2) is 9.97 Å².